The highest BCUT2D eigenvalue weighted by Gasteiger charge is 2.13. The molecule has 1 atom stereocenters. The number of aromatic nitrogens is 2. The van der Waals surface area contributed by atoms with Crippen molar-refractivity contribution in [2.24, 2.45) is 0 Å². The zero-order valence-electron chi connectivity index (χ0n) is 10.7. The lowest BCUT2D eigenvalue weighted by Crippen LogP contribution is -2.44. The van der Waals surface area contributed by atoms with Crippen LogP contribution in [0.5, 0.6) is 0 Å². The molecule has 1 aromatic rings. The van der Waals surface area contributed by atoms with Gasteiger partial charge in [0.05, 0.1) is 12.2 Å². The van der Waals surface area contributed by atoms with Gasteiger partial charge in [-0.25, -0.2) is 4.79 Å². The van der Waals surface area contributed by atoms with E-state index in [2.05, 4.69) is 15.7 Å². The molecule has 0 aliphatic heterocycles. The van der Waals surface area contributed by atoms with Gasteiger partial charge in [0.25, 0.3) is 0 Å². The third-order valence-corrected chi connectivity index (χ3v) is 2.34. The Kier molecular flexibility index (Phi) is 4.70. The fourth-order valence-electron chi connectivity index (χ4n) is 1.24. The summed E-state index contributed by atoms with van der Waals surface area (Å²) in [4.78, 5) is 21.9. The first kappa shape index (κ1) is 14.0. The standard InChI is InChI=1S/C11H18N4O3/c1-7(2)15-5-4-9(14-15)6-12-11(18)13-8(3)10(16)17/h4-5,7-8H,6H2,1-3H3,(H,16,17)(H2,12,13,18). The molecule has 0 saturated carbocycles. The number of carboxylic acid groups (broad SMARTS) is 1. The molecule has 0 aliphatic carbocycles. The molecule has 18 heavy (non-hydrogen) atoms. The Morgan fingerprint density at radius 3 is 2.61 bits per heavy atom. The van der Waals surface area contributed by atoms with Crippen LogP contribution in [0.25, 0.3) is 0 Å². The monoisotopic (exact) mass is 254 g/mol. The maximum absolute atomic E-state index is 11.4. The molecule has 1 heterocycles. The smallest absolute Gasteiger partial charge is 0.325 e. The highest BCUT2D eigenvalue weighted by atomic mass is 16.4. The molecule has 100 valence electrons. The molecule has 1 rings (SSSR count). The van der Waals surface area contributed by atoms with E-state index in [4.69, 9.17) is 5.11 Å². The van der Waals surface area contributed by atoms with Crippen LogP contribution in [0.2, 0.25) is 0 Å². The lowest BCUT2D eigenvalue weighted by Gasteiger charge is -2.09. The molecule has 0 aromatic carbocycles. The van der Waals surface area contributed by atoms with Crippen LogP contribution in [0.15, 0.2) is 12.3 Å². The summed E-state index contributed by atoms with van der Waals surface area (Å²) in [5, 5.41) is 17.7. The van der Waals surface area contributed by atoms with Gasteiger partial charge in [-0.2, -0.15) is 5.10 Å². The van der Waals surface area contributed by atoms with E-state index in [1.807, 2.05) is 20.0 Å². The van der Waals surface area contributed by atoms with E-state index in [9.17, 15) is 9.59 Å². The van der Waals surface area contributed by atoms with Crippen molar-refractivity contribution < 1.29 is 14.7 Å². The Morgan fingerprint density at radius 2 is 2.11 bits per heavy atom. The first-order valence-electron chi connectivity index (χ1n) is 5.71. The van der Waals surface area contributed by atoms with Gasteiger partial charge in [-0.1, -0.05) is 0 Å². The summed E-state index contributed by atoms with van der Waals surface area (Å²) in [5.41, 5.74) is 0.724. The highest BCUT2D eigenvalue weighted by molar-refractivity contribution is 5.82. The quantitative estimate of drug-likeness (QED) is 0.722. The second kappa shape index (κ2) is 6.04. The van der Waals surface area contributed by atoms with E-state index >= 15 is 0 Å². The summed E-state index contributed by atoms with van der Waals surface area (Å²) in [7, 11) is 0. The van der Waals surface area contributed by atoms with Gasteiger partial charge in [0.15, 0.2) is 0 Å². The van der Waals surface area contributed by atoms with E-state index in [1.54, 1.807) is 10.7 Å². The number of aliphatic carboxylic acids is 1. The van der Waals surface area contributed by atoms with Gasteiger partial charge in [-0.3, -0.25) is 9.48 Å². The number of nitrogens with one attached hydrogen (secondary N) is 2. The Hall–Kier alpha value is -2.05. The van der Waals surface area contributed by atoms with Gasteiger partial charge in [-0.15, -0.1) is 0 Å². The summed E-state index contributed by atoms with van der Waals surface area (Å²) in [5.74, 6) is -1.07. The van der Waals surface area contributed by atoms with Crippen molar-refractivity contribution in [3.63, 3.8) is 0 Å². The van der Waals surface area contributed by atoms with Gasteiger partial charge >= 0.3 is 12.0 Å². The van der Waals surface area contributed by atoms with Crippen molar-refractivity contribution in [3.8, 4) is 0 Å². The number of carbonyl (C=O) groups excluding carboxylic acids is 1. The van der Waals surface area contributed by atoms with Crippen LogP contribution in [-0.2, 0) is 11.3 Å². The van der Waals surface area contributed by atoms with Crippen molar-refractivity contribution >= 4 is 12.0 Å². The Morgan fingerprint density at radius 1 is 1.44 bits per heavy atom. The molecule has 0 bridgehead atoms. The van der Waals surface area contributed by atoms with Crippen LogP contribution in [-0.4, -0.2) is 32.9 Å². The Labute approximate surface area is 105 Å². The van der Waals surface area contributed by atoms with Crippen LogP contribution in [0.4, 0.5) is 4.79 Å². The molecule has 1 unspecified atom stereocenters. The summed E-state index contributed by atoms with van der Waals surface area (Å²) < 4.78 is 1.79. The van der Waals surface area contributed by atoms with Gasteiger partial charge in [-0.05, 0) is 26.8 Å². The zero-order valence-corrected chi connectivity index (χ0v) is 10.7. The van der Waals surface area contributed by atoms with Crippen LogP contribution in [0.3, 0.4) is 0 Å². The molecule has 7 nitrogen and oxygen atoms in total. The van der Waals surface area contributed by atoms with E-state index in [0.29, 0.717) is 0 Å². The molecular formula is C11H18N4O3. The second-order valence-corrected chi connectivity index (χ2v) is 4.27. The van der Waals surface area contributed by atoms with E-state index in [-0.39, 0.29) is 12.6 Å². The zero-order chi connectivity index (χ0) is 13.7. The normalized spacial score (nSPS) is 12.2. The summed E-state index contributed by atoms with van der Waals surface area (Å²) in [6, 6.07) is 0.628. The number of carboxylic acids is 1. The van der Waals surface area contributed by atoms with Gasteiger partial charge in [0.1, 0.15) is 6.04 Å². The van der Waals surface area contributed by atoms with Crippen molar-refractivity contribution in [3.05, 3.63) is 18.0 Å². The molecule has 3 N–H and O–H groups in total. The highest BCUT2D eigenvalue weighted by Crippen LogP contribution is 2.03. The molecule has 0 spiro atoms. The summed E-state index contributed by atoms with van der Waals surface area (Å²) in [6.45, 7) is 5.67. The van der Waals surface area contributed by atoms with E-state index in [0.717, 1.165) is 5.69 Å². The molecule has 2 amide bonds. The first-order valence-corrected chi connectivity index (χ1v) is 5.71. The maximum Gasteiger partial charge on any atom is 0.325 e. The third-order valence-electron chi connectivity index (χ3n) is 2.34. The van der Waals surface area contributed by atoms with Crippen molar-refractivity contribution in [2.45, 2.75) is 39.4 Å². The second-order valence-electron chi connectivity index (χ2n) is 4.27. The van der Waals surface area contributed by atoms with Crippen molar-refractivity contribution in [1.29, 1.82) is 0 Å². The van der Waals surface area contributed by atoms with Gasteiger partial charge in [0.2, 0.25) is 0 Å². The average Bonchev–Trinajstić information content (AvgIpc) is 2.74. The van der Waals surface area contributed by atoms with Crippen LogP contribution in [0.1, 0.15) is 32.5 Å². The minimum absolute atomic E-state index is 0.262. The fourth-order valence-corrected chi connectivity index (χ4v) is 1.24. The van der Waals surface area contributed by atoms with Crippen LogP contribution in [0, 0.1) is 0 Å². The predicted octanol–water partition coefficient (Wildman–Crippen LogP) is 0.736. The molecule has 0 radical (unpaired) electrons. The lowest BCUT2D eigenvalue weighted by atomic mass is 10.3. The molecule has 7 heteroatoms. The molecule has 0 saturated heterocycles. The molecule has 0 fully saturated rings. The Balaban J connectivity index is 2.40. The number of amides is 2. The maximum atomic E-state index is 11.4. The predicted molar refractivity (Wildman–Crippen MR) is 65.1 cm³/mol. The van der Waals surface area contributed by atoms with E-state index < -0.39 is 18.0 Å². The van der Waals surface area contributed by atoms with E-state index in [1.165, 1.54) is 6.92 Å². The molecule has 1 aromatic heterocycles. The summed E-state index contributed by atoms with van der Waals surface area (Å²) >= 11 is 0. The fraction of sp³-hybridized carbons (Fsp3) is 0.545. The summed E-state index contributed by atoms with van der Waals surface area (Å²) in [6.07, 6.45) is 1.83. The van der Waals surface area contributed by atoms with Crippen LogP contribution < -0.4 is 10.6 Å². The number of rotatable bonds is 5. The van der Waals surface area contributed by atoms with Gasteiger partial charge in [0, 0.05) is 12.2 Å². The number of urea groups is 1. The number of carbonyl (C=O) groups is 2. The van der Waals surface area contributed by atoms with Crippen molar-refractivity contribution in [2.75, 3.05) is 0 Å². The lowest BCUT2D eigenvalue weighted by molar-refractivity contribution is -0.138. The number of hydrogen-bond donors (Lipinski definition) is 3. The Bertz CT molecular complexity index is 428. The largest absolute Gasteiger partial charge is 0.480 e. The SMILES string of the molecule is CC(NC(=O)NCc1ccn(C(C)C)n1)C(=O)O. The number of nitrogens with zero attached hydrogens (tertiary/aromatic N) is 2. The topological polar surface area (TPSA) is 96.3 Å². The first-order chi connectivity index (χ1) is 8.40. The van der Waals surface area contributed by atoms with Crippen molar-refractivity contribution in [1.82, 2.24) is 20.4 Å². The van der Waals surface area contributed by atoms with Crippen LogP contribution >= 0.6 is 0 Å². The minimum atomic E-state index is -1.07. The number of hydrogen-bond acceptors (Lipinski definition) is 3. The minimum Gasteiger partial charge on any atom is -0.480 e. The van der Waals surface area contributed by atoms with Gasteiger partial charge < -0.3 is 15.7 Å². The third kappa shape index (κ3) is 4.08. The average molecular weight is 254 g/mol. The molecular weight excluding hydrogens is 236 g/mol. The molecule has 0 aliphatic rings.